The van der Waals surface area contributed by atoms with Gasteiger partial charge in [-0.05, 0) is 36.8 Å². The molecule has 0 aromatic heterocycles. The molecule has 0 N–H and O–H groups in total. The third-order valence-electron chi connectivity index (χ3n) is 4.41. The molecule has 1 fully saturated rings. The molecule has 1 saturated heterocycles. The van der Waals surface area contributed by atoms with E-state index in [0.29, 0.717) is 13.0 Å². The van der Waals surface area contributed by atoms with Crippen LogP contribution >= 0.6 is 0 Å². The molecule has 3 rings (SSSR count). The van der Waals surface area contributed by atoms with E-state index in [1.165, 1.54) is 24.3 Å². The normalized spacial score (nSPS) is 17.1. The highest BCUT2D eigenvalue weighted by Gasteiger charge is 2.30. The lowest BCUT2D eigenvalue weighted by Gasteiger charge is -2.35. The zero-order valence-corrected chi connectivity index (χ0v) is 16.1. The number of benzene rings is 2. The van der Waals surface area contributed by atoms with Gasteiger partial charge in [0.2, 0.25) is 0 Å². The van der Waals surface area contributed by atoms with E-state index < -0.39 is 6.61 Å². The van der Waals surface area contributed by atoms with E-state index in [1.807, 2.05) is 6.92 Å². The van der Waals surface area contributed by atoms with Crippen LogP contribution in [-0.4, -0.2) is 30.3 Å². The molecule has 2 unspecified atom stereocenters. The summed E-state index contributed by atoms with van der Waals surface area (Å²) >= 11 is 0. The summed E-state index contributed by atoms with van der Waals surface area (Å²) in [6.07, 6.45) is 2.65. The summed E-state index contributed by atoms with van der Waals surface area (Å²) in [5.41, 5.74) is 0.834. The second kappa shape index (κ2) is 11.1. The summed E-state index contributed by atoms with van der Waals surface area (Å²) in [7, 11) is 0. The topological polar surface area (TPSA) is 38.8 Å². The van der Waals surface area contributed by atoms with Crippen molar-refractivity contribution in [2.75, 3.05) is 6.54 Å². The Balaban J connectivity index is 0.000000360. The van der Waals surface area contributed by atoms with Gasteiger partial charge in [-0.3, -0.25) is 0 Å². The number of hydrogen-bond donors (Lipinski definition) is 0. The fourth-order valence-electron chi connectivity index (χ4n) is 2.87. The summed E-state index contributed by atoms with van der Waals surface area (Å²) in [5.74, 6) is -0.0827. The average molecular weight is 407 g/mol. The molecule has 1 aliphatic rings. The Morgan fingerprint density at radius 3 is 2.34 bits per heavy atom. The number of cyclic esters (lactones) is 1. The number of carbonyl (C=O) groups is 1. The van der Waals surface area contributed by atoms with Crippen molar-refractivity contribution in [1.82, 2.24) is 4.90 Å². The van der Waals surface area contributed by atoms with Crippen molar-refractivity contribution >= 4 is 6.09 Å². The van der Waals surface area contributed by atoms with E-state index in [2.05, 4.69) is 11.3 Å². The van der Waals surface area contributed by atoms with Gasteiger partial charge in [-0.15, -0.1) is 6.58 Å². The second-order valence-electron chi connectivity index (χ2n) is 6.43. The highest BCUT2D eigenvalue weighted by molar-refractivity contribution is 5.69. The van der Waals surface area contributed by atoms with Crippen LogP contribution in [0.2, 0.25) is 0 Å². The van der Waals surface area contributed by atoms with Crippen molar-refractivity contribution in [2.45, 2.75) is 38.5 Å². The number of alkyl halides is 2. The number of nitrogens with zero attached hydrogens (tertiary/aromatic N) is 1. The van der Waals surface area contributed by atoms with Crippen LogP contribution in [0.5, 0.6) is 5.75 Å². The summed E-state index contributed by atoms with van der Waals surface area (Å²) < 4.78 is 45.8. The molecule has 0 saturated carbocycles. The van der Waals surface area contributed by atoms with Gasteiger partial charge in [-0.1, -0.05) is 36.4 Å². The largest absolute Gasteiger partial charge is 0.446 e. The molecule has 1 aliphatic heterocycles. The molecule has 1 heterocycles. The molecule has 2 atom stereocenters. The van der Waals surface area contributed by atoms with Gasteiger partial charge in [-0.25, -0.2) is 9.18 Å². The van der Waals surface area contributed by atoms with E-state index in [9.17, 15) is 18.0 Å². The van der Waals surface area contributed by atoms with Crippen LogP contribution in [0.15, 0.2) is 67.3 Å². The van der Waals surface area contributed by atoms with Crippen molar-refractivity contribution < 1.29 is 27.4 Å². The number of amides is 1. The third kappa shape index (κ3) is 7.18. The molecule has 2 aromatic carbocycles. The molecule has 0 spiro atoms. The maximum atomic E-state index is 12.1. The molecule has 156 valence electrons. The van der Waals surface area contributed by atoms with Gasteiger partial charge in [-0.2, -0.15) is 8.78 Å². The van der Waals surface area contributed by atoms with Gasteiger partial charge >= 0.3 is 12.7 Å². The number of halogens is 3. The Kier molecular flexibility index (Phi) is 8.58. The maximum absolute atomic E-state index is 12.1. The minimum Gasteiger partial charge on any atom is -0.446 e. The number of rotatable bonds is 6. The van der Waals surface area contributed by atoms with Gasteiger partial charge in [0.15, 0.2) is 0 Å². The van der Waals surface area contributed by atoms with Crippen molar-refractivity contribution in [3.8, 4) is 5.75 Å². The van der Waals surface area contributed by atoms with Crippen LogP contribution in [0.4, 0.5) is 18.0 Å². The van der Waals surface area contributed by atoms with Crippen molar-refractivity contribution in [2.24, 2.45) is 0 Å². The van der Waals surface area contributed by atoms with Crippen molar-refractivity contribution in [3.63, 3.8) is 0 Å². The lowest BCUT2D eigenvalue weighted by molar-refractivity contribution is -0.0498. The first-order valence-corrected chi connectivity index (χ1v) is 9.24. The minimum atomic E-state index is -2.85. The lowest BCUT2D eigenvalue weighted by Crippen LogP contribution is -2.43. The van der Waals surface area contributed by atoms with Crippen LogP contribution in [0.1, 0.15) is 31.4 Å². The van der Waals surface area contributed by atoms with E-state index in [0.717, 1.165) is 12.0 Å². The summed E-state index contributed by atoms with van der Waals surface area (Å²) in [6.45, 7) is 3.26. The lowest BCUT2D eigenvalue weighted by atomic mass is 10.1. The molecule has 1 amide bonds. The zero-order valence-electron chi connectivity index (χ0n) is 16.1. The quantitative estimate of drug-likeness (QED) is 0.555. The first-order chi connectivity index (χ1) is 13.9. The third-order valence-corrected chi connectivity index (χ3v) is 4.41. The van der Waals surface area contributed by atoms with Crippen LogP contribution in [0.3, 0.4) is 0 Å². The van der Waals surface area contributed by atoms with Gasteiger partial charge < -0.3 is 14.4 Å². The molecule has 0 bridgehead atoms. The van der Waals surface area contributed by atoms with E-state index in [1.54, 1.807) is 41.3 Å². The van der Waals surface area contributed by atoms with Gasteiger partial charge in [0.25, 0.3) is 0 Å². The second-order valence-corrected chi connectivity index (χ2v) is 6.43. The van der Waals surface area contributed by atoms with E-state index >= 15 is 0 Å². The Hall–Kier alpha value is -2.96. The van der Waals surface area contributed by atoms with Crippen molar-refractivity contribution in [3.05, 3.63) is 78.6 Å². The molecule has 0 aliphatic carbocycles. The maximum Gasteiger partial charge on any atom is 0.410 e. The molecule has 7 heteroatoms. The fourth-order valence-corrected chi connectivity index (χ4v) is 2.87. The highest BCUT2D eigenvalue weighted by Crippen LogP contribution is 2.27. The predicted molar refractivity (Wildman–Crippen MR) is 104 cm³/mol. The number of ether oxygens (including phenoxy) is 2. The summed E-state index contributed by atoms with van der Waals surface area (Å²) in [5, 5.41) is 0. The van der Waals surface area contributed by atoms with Crippen molar-refractivity contribution in [1.29, 1.82) is 0 Å². The first-order valence-electron chi connectivity index (χ1n) is 9.24. The van der Waals surface area contributed by atoms with Crippen LogP contribution in [-0.2, 0) is 4.74 Å². The Bertz CT molecular complexity index is 769. The van der Waals surface area contributed by atoms with Crippen LogP contribution in [0, 0.1) is 5.82 Å². The van der Waals surface area contributed by atoms with Gasteiger partial charge in [0.1, 0.15) is 17.7 Å². The fraction of sp³-hybridized carbons (Fsp3) is 0.318. The Labute approximate surface area is 168 Å². The minimum absolute atomic E-state index is 0.0956. The van der Waals surface area contributed by atoms with Crippen LogP contribution in [0.25, 0.3) is 0 Å². The Morgan fingerprint density at radius 1 is 1.21 bits per heavy atom. The molecule has 4 nitrogen and oxygen atoms in total. The number of hydrogen-bond acceptors (Lipinski definition) is 3. The standard InChI is InChI=1S/C16H19F2NO3.C6H5F/c1-3-4-13-9-10-19(16(20)22-13)11(2)12-5-7-14(8-6-12)21-15(17)18;7-6-4-2-1-3-5-6/h3,5-8,11,13,15H,1,4,9-10H2,2H3;1-5H. The highest BCUT2D eigenvalue weighted by atomic mass is 19.3. The SMILES string of the molecule is C=CCC1CCN(C(C)c2ccc(OC(F)F)cc2)C(=O)O1.Fc1ccccc1. The van der Waals surface area contributed by atoms with Crippen LogP contribution < -0.4 is 4.74 Å². The Morgan fingerprint density at radius 2 is 1.86 bits per heavy atom. The molecule has 29 heavy (non-hydrogen) atoms. The monoisotopic (exact) mass is 407 g/mol. The predicted octanol–water partition coefficient (Wildman–Crippen LogP) is 5.96. The van der Waals surface area contributed by atoms with E-state index in [4.69, 9.17) is 4.74 Å². The van der Waals surface area contributed by atoms with E-state index in [-0.39, 0.29) is 29.8 Å². The van der Waals surface area contributed by atoms with Gasteiger partial charge in [0.05, 0.1) is 6.04 Å². The summed E-state index contributed by atoms with van der Waals surface area (Å²) in [6, 6.07) is 14.0. The van der Waals surface area contributed by atoms with Gasteiger partial charge in [0, 0.05) is 19.4 Å². The molecule has 2 aromatic rings. The molecular formula is C22H24F3NO3. The zero-order chi connectivity index (χ0) is 21.2. The molecule has 0 radical (unpaired) electrons. The molecular weight excluding hydrogens is 383 g/mol. The smallest absolute Gasteiger partial charge is 0.410 e. The summed E-state index contributed by atoms with van der Waals surface area (Å²) in [4.78, 5) is 13.7. The number of carbonyl (C=O) groups excluding carboxylic acids is 1. The average Bonchev–Trinajstić information content (AvgIpc) is 2.69. The first kappa shape index (κ1) is 22.3.